The van der Waals surface area contributed by atoms with Gasteiger partial charge in [0.25, 0.3) is 0 Å². The summed E-state index contributed by atoms with van der Waals surface area (Å²) < 4.78 is 0. The molecule has 1 aliphatic rings. The normalized spacial score (nSPS) is 15.4. The van der Waals surface area contributed by atoms with Gasteiger partial charge < -0.3 is 14.9 Å². The number of aliphatic hydroxyl groups excluding tert-OH is 1. The van der Waals surface area contributed by atoms with Crippen molar-refractivity contribution in [2.45, 2.75) is 13.8 Å². The molecule has 1 amide bonds. The van der Waals surface area contributed by atoms with E-state index in [-0.39, 0.29) is 5.91 Å². The van der Waals surface area contributed by atoms with Crippen molar-refractivity contribution in [2.24, 2.45) is 0 Å². The molecule has 1 aromatic heterocycles. The third-order valence-corrected chi connectivity index (χ3v) is 4.43. The fraction of sp³-hybridized carbons (Fsp3) is 0.412. The van der Waals surface area contributed by atoms with E-state index in [1.807, 2.05) is 25.1 Å². The molecule has 0 atom stereocenters. The predicted octanol–water partition coefficient (Wildman–Crippen LogP) is 1.49. The van der Waals surface area contributed by atoms with Gasteiger partial charge in [0, 0.05) is 37.3 Å². The summed E-state index contributed by atoms with van der Waals surface area (Å²) in [6, 6.07) is 8.19. The van der Waals surface area contributed by atoms with Crippen molar-refractivity contribution in [3.8, 4) is 0 Å². The van der Waals surface area contributed by atoms with E-state index in [1.165, 1.54) is 11.3 Å². The smallest absolute Gasteiger partial charge is 0.248 e. The molecule has 0 spiro atoms. The van der Waals surface area contributed by atoms with Crippen molar-refractivity contribution in [3.63, 3.8) is 0 Å². The Morgan fingerprint density at radius 2 is 1.86 bits per heavy atom. The van der Waals surface area contributed by atoms with Gasteiger partial charge in [0.1, 0.15) is 6.61 Å². The van der Waals surface area contributed by atoms with Crippen molar-refractivity contribution in [1.82, 2.24) is 9.88 Å². The first-order chi connectivity index (χ1) is 10.6. The van der Waals surface area contributed by atoms with E-state index in [2.05, 4.69) is 22.9 Å². The van der Waals surface area contributed by atoms with Crippen molar-refractivity contribution in [3.05, 3.63) is 35.5 Å². The number of aromatic nitrogens is 1. The molecule has 2 heterocycles. The van der Waals surface area contributed by atoms with E-state index in [0.717, 1.165) is 29.7 Å². The summed E-state index contributed by atoms with van der Waals surface area (Å²) in [4.78, 5) is 20.3. The predicted molar refractivity (Wildman–Crippen MR) is 87.1 cm³/mol. The Kier molecular flexibility index (Phi) is 3.98. The van der Waals surface area contributed by atoms with Crippen LogP contribution >= 0.6 is 0 Å². The number of rotatable bonds is 2. The van der Waals surface area contributed by atoms with E-state index < -0.39 is 6.61 Å². The summed E-state index contributed by atoms with van der Waals surface area (Å²) in [5.74, 6) is -0.188. The molecule has 22 heavy (non-hydrogen) atoms. The van der Waals surface area contributed by atoms with Gasteiger partial charge in [0.05, 0.1) is 11.2 Å². The van der Waals surface area contributed by atoms with Gasteiger partial charge in [0.2, 0.25) is 5.91 Å². The topological polar surface area (TPSA) is 56.7 Å². The zero-order valence-corrected chi connectivity index (χ0v) is 13.0. The second-order valence-corrected chi connectivity index (χ2v) is 5.71. The first-order valence-electron chi connectivity index (χ1n) is 7.61. The third-order valence-electron chi connectivity index (χ3n) is 4.43. The minimum absolute atomic E-state index is 0.188. The maximum Gasteiger partial charge on any atom is 0.248 e. The van der Waals surface area contributed by atoms with E-state index >= 15 is 0 Å². The molecule has 1 fully saturated rings. The minimum atomic E-state index is -0.406. The maximum atomic E-state index is 11.6. The number of fused-ring (bicyclic) bond motifs is 1. The standard InChI is InChI=1S/C17H21N3O2/c1-12-13(2)18-15-6-4-3-5-14(15)17(12)20-9-7-19(8-10-20)16(22)11-21/h3-6,21H,7-11H2,1-2H3. The molecular formula is C17H21N3O2. The average molecular weight is 299 g/mol. The number of carbonyl (C=O) groups is 1. The zero-order valence-electron chi connectivity index (χ0n) is 13.0. The molecule has 0 saturated carbocycles. The summed E-state index contributed by atoms with van der Waals surface area (Å²) in [6.07, 6.45) is 0. The van der Waals surface area contributed by atoms with Crippen LogP contribution in [0, 0.1) is 13.8 Å². The molecule has 5 heteroatoms. The Labute approximate surface area is 130 Å². The molecule has 116 valence electrons. The largest absolute Gasteiger partial charge is 0.387 e. The minimum Gasteiger partial charge on any atom is -0.387 e. The van der Waals surface area contributed by atoms with Gasteiger partial charge in [-0.05, 0) is 25.5 Å². The maximum absolute atomic E-state index is 11.6. The summed E-state index contributed by atoms with van der Waals surface area (Å²) >= 11 is 0. The van der Waals surface area contributed by atoms with Gasteiger partial charge in [-0.1, -0.05) is 18.2 Å². The van der Waals surface area contributed by atoms with Crippen LogP contribution in [0.3, 0.4) is 0 Å². The first kappa shape index (κ1) is 14.8. The number of pyridine rings is 1. The van der Waals surface area contributed by atoms with E-state index in [4.69, 9.17) is 5.11 Å². The molecule has 1 N–H and O–H groups in total. The molecule has 0 radical (unpaired) electrons. The van der Waals surface area contributed by atoms with Crippen molar-refractivity contribution in [1.29, 1.82) is 0 Å². The molecule has 1 saturated heterocycles. The van der Waals surface area contributed by atoms with Gasteiger partial charge in [-0.15, -0.1) is 0 Å². The van der Waals surface area contributed by atoms with Crippen LogP contribution < -0.4 is 4.90 Å². The molecule has 0 bridgehead atoms. The van der Waals surface area contributed by atoms with Crippen LogP contribution in [0.4, 0.5) is 5.69 Å². The highest BCUT2D eigenvalue weighted by molar-refractivity contribution is 5.94. The molecule has 5 nitrogen and oxygen atoms in total. The number of anilines is 1. The number of para-hydroxylation sites is 1. The van der Waals surface area contributed by atoms with Crippen LogP contribution in [0.1, 0.15) is 11.3 Å². The number of aliphatic hydroxyl groups is 1. The van der Waals surface area contributed by atoms with Gasteiger partial charge in [-0.3, -0.25) is 9.78 Å². The van der Waals surface area contributed by atoms with Crippen LogP contribution in [0.15, 0.2) is 24.3 Å². The molecule has 1 aliphatic heterocycles. The SMILES string of the molecule is Cc1nc2ccccc2c(N2CCN(C(=O)CO)CC2)c1C. The van der Waals surface area contributed by atoms with Gasteiger partial charge in [-0.25, -0.2) is 0 Å². The quantitative estimate of drug-likeness (QED) is 0.913. The van der Waals surface area contributed by atoms with Crippen molar-refractivity contribution in [2.75, 3.05) is 37.7 Å². The Balaban J connectivity index is 1.94. The average Bonchev–Trinajstić information content (AvgIpc) is 2.55. The Morgan fingerprint density at radius 3 is 2.55 bits per heavy atom. The van der Waals surface area contributed by atoms with Crippen molar-refractivity contribution < 1.29 is 9.90 Å². The Morgan fingerprint density at radius 1 is 1.18 bits per heavy atom. The lowest BCUT2D eigenvalue weighted by Gasteiger charge is -2.37. The van der Waals surface area contributed by atoms with Gasteiger partial charge in [-0.2, -0.15) is 0 Å². The number of benzene rings is 1. The number of piperazine rings is 1. The number of hydrogen-bond donors (Lipinski definition) is 1. The Bertz CT molecular complexity index is 706. The van der Waals surface area contributed by atoms with Gasteiger partial charge in [0.15, 0.2) is 0 Å². The molecule has 0 unspecified atom stereocenters. The number of nitrogens with zero attached hydrogens (tertiary/aromatic N) is 3. The summed E-state index contributed by atoms with van der Waals surface area (Å²) in [6.45, 7) is 6.59. The monoisotopic (exact) mass is 299 g/mol. The lowest BCUT2D eigenvalue weighted by molar-refractivity contribution is -0.134. The molecule has 2 aromatic rings. The van der Waals surface area contributed by atoms with E-state index in [1.54, 1.807) is 4.90 Å². The van der Waals surface area contributed by atoms with Crippen LogP contribution in [-0.2, 0) is 4.79 Å². The second kappa shape index (κ2) is 5.93. The number of amides is 1. The zero-order chi connectivity index (χ0) is 15.7. The second-order valence-electron chi connectivity index (χ2n) is 5.71. The van der Waals surface area contributed by atoms with E-state index in [0.29, 0.717) is 13.1 Å². The summed E-state index contributed by atoms with van der Waals surface area (Å²) in [7, 11) is 0. The molecule has 3 rings (SSSR count). The van der Waals surface area contributed by atoms with Crippen LogP contribution in [0.5, 0.6) is 0 Å². The first-order valence-corrected chi connectivity index (χ1v) is 7.61. The lowest BCUT2D eigenvalue weighted by Crippen LogP contribution is -2.49. The van der Waals surface area contributed by atoms with Crippen LogP contribution in [-0.4, -0.2) is 53.7 Å². The van der Waals surface area contributed by atoms with Crippen LogP contribution in [0.25, 0.3) is 10.9 Å². The Hall–Kier alpha value is -2.14. The summed E-state index contributed by atoms with van der Waals surface area (Å²) in [5.41, 5.74) is 4.47. The molecule has 0 aliphatic carbocycles. The highest BCUT2D eigenvalue weighted by atomic mass is 16.3. The summed E-state index contributed by atoms with van der Waals surface area (Å²) in [5, 5.41) is 10.1. The fourth-order valence-corrected chi connectivity index (χ4v) is 3.10. The number of carbonyl (C=O) groups excluding carboxylic acids is 1. The molecule has 1 aromatic carbocycles. The van der Waals surface area contributed by atoms with E-state index in [9.17, 15) is 4.79 Å². The molecular weight excluding hydrogens is 278 g/mol. The fourth-order valence-electron chi connectivity index (χ4n) is 3.10. The highest BCUT2D eigenvalue weighted by Crippen LogP contribution is 2.31. The third kappa shape index (κ3) is 2.52. The number of hydrogen-bond acceptors (Lipinski definition) is 4. The van der Waals surface area contributed by atoms with Crippen LogP contribution in [0.2, 0.25) is 0 Å². The van der Waals surface area contributed by atoms with Crippen molar-refractivity contribution >= 4 is 22.5 Å². The van der Waals surface area contributed by atoms with Gasteiger partial charge >= 0.3 is 0 Å². The highest BCUT2D eigenvalue weighted by Gasteiger charge is 2.23. The lowest BCUT2D eigenvalue weighted by atomic mass is 10.1. The number of aryl methyl sites for hydroxylation is 1.